The molecule has 0 amide bonds. The lowest BCUT2D eigenvalue weighted by Gasteiger charge is -2.14. The Kier molecular flexibility index (Phi) is 5.33. The highest BCUT2D eigenvalue weighted by atomic mass is 19.1. The summed E-state index contributed by atoms with van der Waals surface area (Å²) < 4.78 is 13.4. The zero-order chi connectivity index (χ0) is 11.1. The van der Waals surface area contributed by atoms with Gasteiger partial charge in [-0.05, 0) is 18.1 Å². The minimum atomic E-state index is -0.201. The molecule has 1 nitrogen and oxygen atoms in total. The quantitative estimate of drug-likeness (QED) is 0.713. The third-order valence-corrected chi connectivity index (χ3v) is 2.72. The Labute approximate surface area is 90.9 Å². The predicted octanol–water partition coefficient (Wildman–Crippen LogP) is 3.48. The normalized spacial score (nSPS) is 12.7. The molecule has 0 saturated heterocycles. The third kappa shape index (κ3) is 3.63. The molecule has 2 heteroatoms. The Morgan fingerprint density at radius 3 is 2.60 bits per heavy atom. The van der Waals surface area contributed by atoms with Crippen LogP contribution in [-0.4, -0.2) is 11.7 Å². The van der Waals surface area contributed by atoms with E-state index in [9.17, 15) is 9.50 Å². The molecule has 0 radical (unpaired) electrons. The van der Waals surface area contributed by atoms with Crippen molar-refractivity contribution in [3.05, 3.63) is 35.6 Å². The van der Waals surface area contributed by atoms with Crippen LogP contribution in [0.4, 0.5) is 4.39 Å². The molecule has 0 fully saturated rings. The van der Waals surface area contributed by atoms with E-state index in [1.165, 1.54) is 6.07 Å². The van der Waals surface area contributed by atoms with Crippen molar-refractivity contribution in [3.8, 4) is 0 Å². The largest absolute Gasteiger partial charge is 0.396 e. The minimum absolute atomic E-state index is 0.0324. The summed E-state index contributed by atoms with van der Waals surface area (Å²) in [5, 5.41) is 9.24. The Morgan fingerprint density at radius 2 is 2.00 bits per heavy atom. The van der Waals surface area contributed by atoms with Gasteiger partial charge in [-0.2, -0.15) is 0 Å². The number of halogens is 1. The number of hydrogen-bond acceptors (Lipinski definition) is 1. The first-order chi connectivity index (χ1) is 7.29. The van der Waals surface area contributed by atoms with E-state index >= 15 is 0 Å². The molecule has 1 aromatic rings. The van der Waals surface area contributed by atoms with Gasteiger partial charge in [0.05, 0.1) is 6.61 Å². The van der Waals surface area contributed by atoms with Crippen molar-refractivity contribution in [3.63, 3.8) is 0 Å². The molecule has 1 rings (SSSR count). The molecule has 1 N–H and O–H groups in total. The number of benzene rings is 1. The number of unbranched alkanes of at least 4 members (excludes halogenated alkanes) is 2. The van der Waals surface area contributed by atoms with Crippen LogP contribution < -0.4 is 0 Å². The Morgan fingerprint density at radius 1 is 1.27 bits per heavy atom. The van der Waals surface area contributed by atoms with Gasteiger partial charge in [-0.1, -0.05) is 44.4 Å². The molecular formula is C13H19FO. The van der Waals surface area contributed by atoms with Crippen LogP contribution in [0.1, 0.15) is 44.1 Å². The fourth-order valence-electron chi connectivity index (χ4n) is 1.79. The molecule has 0 aliphatic heterocycles. The SMILES string of the molecule is CCCCCC(CO)c1ccccc1F. The molecule has 1 aromatic carbocycles. The second-order valence-electron chi connectivity index (χ2n) is 3.90. The number of hydrogen-bond donors (Lipinski definition) is 1. The van der Waals surface area contributed by atoms with E-state index in [-0.39, 0.29) is 18.3 Å². The van der Waals surface area contributed by atoms with E-state index in [1.807, 2.05) is 6.07 Å². The second-order valence-corrected chi connectivity index (χ2v) is 3.90. The van der Waals surface area contributed by atoms with Gasteiger partial charge in [-0.25, -0.2) is 4.39 Å². The maximum atomic E-state index is 13.4. The highest BCUT2D eigenvalue weighted by Crippen LogP contribution is 2.24. The van der Waals surface area contributed by atoms with Crippen LogP contribution in [0, 0.1) is 5.82 Å². The fourth-order valence-corrected chi connectivity index (χ4v) is 1.79. The van der Waals surface area contributed by atoms with Crippen molar-refractivity contribution in [2.45, 2.75) is 38.5 Å². The van der Waals surface area contributed by atoms with Crippen molar-refractivity contribution in [1.82, 2.24) is 0 Å². The summed E-state index contributed by atoms with van der Waals surface area (Å²) in [6.07, 6.45) is 4.21. The van der Waals surface area contributed by atoms with Crippen molar-refractivity contribution in [2.75, 3.05) is 6.61 Å². The average molecular weight is 210 g/mol. The van der Waals surface area contributed by atoms with Crippen LogP contribution in [0.25, 0.3) is 0 Å². The average Bonchev–Trinajstić information content (AvgIpc) is 2.26. The van der Waals surface area contributed by atoms with Crippen molar-refractivity contribution in [2.24, 2.45) is 0 Å². The number of aliphatic hydroxyl groups is 1. The van der Waals surface area contributed by atoms with Gasteiger partial charge in [-0.3, -0.25) is 0 Å². The monoisotopic (exact) mass is 210 g/mol. The van der Waals surface area contributed by atoms with Crippen LogP contribution >= 0.6 is 0 Å². The summed E-state index contributed by atoms with van der Waals surface area (Å²) in [5.74, 6) is -0.245. The zero-order valence-electron chi connectivity index (χ0n) is 9.25. The molecule has 1 unspecified atom stereocenters. The maximum absolute atomic E-state index is 13.4. The lowest BCUT2D eigenvalue weighted by molar-refractivity contribution is 0.254. The van der Waals surface area contributed by atoms with Crippen LogP contribution in [0.3, 0.4) is 0 Å². The standard InChI is InChI=1S/C13H19FO/c1-2-3-4-7-11(10-15)12-8-5-6-9-13(12)14/h5-6,8-9,11,15H,2-4,7,10H2,1H3. The molecule has 0 saturated carbocycles. The lowest BCUT2D eigenvalue weighted by Crippen LogP contribution is -2.06. The first-order valence-corrected chi connectivity index (χ1v) is 5.64. The van der Waals surface area contributed by atoms with Gasteiger partial charge in [0.1, 0.15) is 5.82 Å². The van der Waals surface area contributed by atoms with Gasteiger partial charge in [0.2, 0.25) is 0 Å². The van der Waals surface area contributed by atoms with Crippen LogP contribution in [-0.2, 0) is 0 Å². The molecule has 15 heavy (non-hydrogen) atoms. The van der Waals surface area contributed by atoms with Crippen molar-refractivity contribution >= 4 is 0 Å². The van der Waals surface area contributed by atoms with Crippen molar-refractivity contribution in [1.29, 1.82) is 0 Å². The van der Waals surface area contributed by atoms with E-state index in [4.69, 9.17) is 0 Å². The maximum Gasteiger partial charge on any atom is 0.126 e. The van der Waals surface area contributed by atoms with Gasteiger partial charge in [0.15, 0.2) is 0 Å². The van der Waals surface area contributed by atoms with E-state index in [0.717, 1.165) is 25.7 Å². The molecule has 0 heterocycles. The predicted molar refractivity (Wildman–Crippen MR) is 60.4 cm³/mol. The minimum Gasteiger partial charge on any atom is -0.396 e. The van der Waals surface area contributed by atoms with Gasteiger partial charge in [-0.15, -0.1) is 0 Å². The zero-order valence-corrected chi connectivity index (χ0v) is 9.25. The van der Waals surface area contributed by atoms with E-state index < -0.39 is 0 Å². The fraction of sp³-hybridized carbons (Fsp3) is 0.538. The molecular weight excluding hydrogens is 191 g/mol. The molecule has 84 valence electrons. The molecule has 1 atom stereocenters. The Balaban J connectivity index is 2.61. The van der Waals surface area contributed by atoms with Gasteiger partial charge in [0, 0.05) is 5.92 Å². The third-order valence-electron chi connectivity index (χ3n) is 2.72. The van der Waals surface area contributed by atoms with Gasteiger partial charge >= 0.3 is 0 Å². The summed E-state index contributed by atoms with van der Waals surface area (Å²) in [6, 6.07) is 6.72. The second kappa shape index (κ2) is 6.57. The summed E-state index contributed by atoms with van der Waals surface area (Å²) >= 11 is 0. The van der Waals surface area contributed by atoms with Crippen LogP contribution in [0.5, 0.6) is 0 Å². The highest BCUT2D eigenvalue weighted by Gasteiger charge is 2.13. The van der Waals surface area contributed by atoms with E-state index in [1.54, 1.807) is 12.1 Å². The van der Waals surface area contributed by atoms with Gasteiger partial charge in [0.25, 0.3) is 0 Å². The first kappa shape index (κ1) is 12.2. The molecule has 0 aliphatic rings. The van der Waals surface area contributed by atoms with Crippen LogP contribution in [0.15, 0.2) is 24.3 Å². The molecule has 0 aromatic heterocycles. The van der Waals surface area contributed by atoms with Crippen molar-refractivity contribution < 1.29 is 9.50 Å². The Bertz CT molecular complexity index is 286. The first-order valence-electron chi connectivity index (χ1n) is 5.64. The topological polar surface area (TPSA) is 20.2 Å². The number of aliphatic hydroxyl groups excluding tert-OH is 1. The summed E-state index contributed by atoms with van der Waals surface area (Å²) in [4.78, 5) is 0. The number of rotatable bonds is 6. The summed E-state index contributed by atoms with van der Waals surface area (Å²) in [5.41, 5.74) is 0.649. The van der Waals surface area contributed by atoms with E-state index in [0.29, 0.717) is 5.56 Å². The van der Waals surface area contributed by atoms with Crippen LogP contribution in [0.2, 0.25) is 0 Å². The summed E-state index contributed by atoms with van der Waals surface area (Å²) in [6.45, 7) is 2.17. The highest BCUT2D eigenvalue weighted by molar-refractivity contribution is 5.21. The van der Waals surface area contributed by atoms with Gasteiger partial charge < -0.3 is 5.11 Å². The Hall–Kier alpha value is -0.890. The molecule has 0 bridgehead atoms. The molecule has 0 spiro atoms. The summed E-state index contributed by atoms with van der Waals surface area (Å²) in [7, 11) is 0. The molecule has 0 aliphatic carbocycles. The smallest absolute Gasteiger partial charge is 0.126 e. The lowest BCUT2D eigenvalue weighted by atomic mass is 9.93. The van der Waals surface area contributed by atoms with E-state index in [2.05, 4.69) is 6.92 Å².